The minimum atomic E-state index is -0.476. The molecular weight excluding hydrogens is 629 g/mol. The average Bonchev–Trinajstić information content (AvgIpc) is 3.66. The summed E-state index contributed by atoms with van der Waals surface area (Å²) in [6.07, 6.45) is 1.93. The molecular formula is C36H30N6O3S2. The molecule has 0 fully saturated rings. The van der Waals surface area contributed by atoms with Crippen LogP contribution in [0.3, 0.4) is 0 Å². The topological polar surface area (TPSA) is 99.2 Å². The molecule has 234 valence electrons. The van der Waals surface area contributed by atoms with E-state index in [0.717, 1.165) is 21.9 Å². The molecule has 0 saturated carbocycles. The van der Waals surface area contributed by atoms with Crippen molar-refractivity contribution in [2.75, 3.05) is 29.9 Å². The van der Waals surface area contributed by atoms with E-state index in [4.69, 9.17) is 4.74 Å². The Morgan fingerprint density at radius 2 is 1.53 bits per heavy atom. The first-order chi connectivity index (χ1) is 23.1. The molecule has 2 aliphatic heterocycles. The van der Waals surface area contributed by atoms with Gasteiger partial charge in [0.1, 0.15) is 6.61 Å². The van der Waals surface area contributed by atoms with Crippen LogP contribution in [0.4, 0.5) is 26.1 Å². The smallest absolute Gasteiger partial charge is 0.410 e. The highest BCUT2D eigenvalue weighted by atomic mass is 32.2. The maximum Gasteiger partial charge on any atom is 0.410 e. The van der Waals surface area contributed by atoms with E-state index in [-0.39, 0.29) is 18.6 Å². The van der Waals surface area contributed by atoms with Gasteiger partial charge >= 0.3 is 12.1 Å². The predicted molar refractivity (Wildman–Crippen MR) is 186 cm³/mol. The van der Waals surface area contributed by atoms with Crippen molar-refractivity contribution in [2.24, 2.45) is 5.10 Å². The van der Waals surface area contributed by atoms with Crippen LogP contribution < -0.4 is 15.6 Å². The summed E-state index contributed by atoms with van der Waals surface area (Å²) in [6, 6.07) is 32.6. The summed E-state index contributed by atoms with van der Waals surface area (Å²) in [4.78, 5) is 37.6. The van der Waals surface area contributed by atoms with E-state index in [2.05, 4.69) is 74.3 Å². The number of para-hydroxylation sites is 2. The number of hydrazone groups is 1. The van der Waals surface area contributed by atoms with Crippen LogP contribution in [0.1, 0.15) is 27.6 Å². The molecule has 47 heavy (non-hydrogen) atoms. The van der Waals surface area contributed by atoms with Crippen molar-refractivity contribution in [3.8, 4) is 11.1 Å². The minimum Gasteiger partial charge on any atom is -0.448 e. The summed E-state index contributed by atoms with van der Waals surface area (Å²) in [5.74, 6) is 0.0116. The number of amides is 3. The van der Waals surface area contributed by atoms with Gasteiger partial charge in [-0.3, -0.25) is 5.32 Å². The zero-order valence-electron chi connectivity index (χ0n) is 25.3. The molecule has 5 aromatic rings. The Morgan fingerprint density at radius 1 is 0.894 bits per heavy atom. The Balaban J connectivity index is 0.854. The van der Waals surface area contributed by atoms with Crippen molar-refractivity contribution in [1.29, 1.82) is 0 Å². The summed E-state index contributed by atoms with van der Waals surface area (Å²) in [5.41, 5.74) is 10.4. The van der Waals surface area contributed by atoms with Crippen molar-refractivity contribution < 1.29 is 14.3 Å². The molecule has 4 aromatic carbocycles. The first-order valence-electron chi connectivity index (χ1n) is 15.4. The van der Waals surface area contributed by atoms with Crippen LogP contribution >= 0.6 is 23.1 Å². The van der Waals surface area contributed by atoms with Crippen LogP contribution in [-0.2, 0) is 17.7 Å². The highest BCUT2D eigenvalue weighted by Gasteiger charge is 2.31. The number of carbonyl (C=O) groups is 2. The number of thiazole rings is 1. The Morgan fingerprint density at radius 3 is 2.23 bits per heavy atom. The van der Waals surface area contributed by atoms with Gasteiger partial charge in [0.05, 0.1) is 30.2 Å². The second-order valence-electron chi connectivity index (χ2n) is 11.4. The van der Waals surface area contributed by atoms with Gasteiger partial charge in [-0.15, -0.1) is 0 Å². The molecule has 0 atom stereocenters. The standard InChI is InChI=1S/C36H30N6O3S2/c43-34(40-37-18-20-42-29-13-5-7-15-31(29)46-32-16-8-6-14-30(32)42)39-35-38-28-17-19-41(21-33(28)47-35)36(44)45-22-27-25-11-3-1-9-23(25)24-10-2-4-12-26(24)27/h1-16,18,27H,17,19-22H2,(H2,38,39,40,43)/b37-18-. The summed E-state index contributed by atoms with van der Waals surface area (Å²) >= 11 is 3.11. The van der Waals surface area contributed by atoms with Gasteiger partial charge in [-0.05, 0) is 46.5 Å². The first-order valence-corrected chi connectivity index (χ1v) is 17.1. The lowest BCUT2D eigenvalue weighted by atomic mass is 9.98. The molecule has 0 bridgehead atoms. The number of nitrogens with zero attached hydrogens (tertiary/aromatic N) is 4. The number of carbonyl (C=O) groups excluding carboxylic acids is 2. The first kappa shape index (κ1) is 29.3. The summed E-state index contributed by atoms with van der Waals surface area (Å²) in [7, 11) is 0. The van der Waals surface area contributed by atoms with E-state index in [1.165, 1.54) is 43.4 Å². The molecule has 3 amide bonds. The van der Waals surface area contributed by atoms with E-state index in [1.807, 2.05) is 48.5 Å². The molecule has 3 aliphatic rings. The molecule has 0 spiro atoms. The molecule has 0 unspecified atom stereocenters. The third-order valence-electron chi connectivity index (χ3n) is 8.60. The monoisotopic (exact) mass is 658 g/mol. The van der Waals surface area contributed by atoms with Crippen molar-refractivity contribution in [1.82, 2.24) is 15.3 Å². The van der Waals surface area contributed by atoms with Gasteiger partial charge in [0, 0.05) is 39.8 Å². The minimum absolute atomic E-state index is 0.0116. The van der Waals surface area contributed by atoms with Crippen LogP contribution in [-0.4, -0.2) is 47.9 Å². The SMILES string of the molecule is O=C(N/N=C\CN1c2ccccc2Sc2ccccc21)Nc1nc2c(s1)CN(C(=O)OCC1c3ccccc3-c3ccccc31)CC2. The zero-order chi connectivity index (χ0) is 31.7. The fourth-order valence-corrected chi connectivity index (χ4v) is 8.53. The van der Waals surface area contributed by atoms with Crippen LogP contribution in [0.25, 0.3) is 11.1 Å². The maximum absolute atomic E-state index is 13.2. The molecule has 3 heterocycles. The number of urea groups is 1. The lowest BCUT2D eigenvalue weighted by Crippen LogP contribution is -2.36. The highest BCUT2D eigenvalue weighted by molar-refractivity contribution is 7.99. The fourth-order valence-electron chi connectivity index (χ4n) is 6.42. The summed E-state index contributed by atoms with van der Waals surface area (Å²) < 4.78 is 5.87. The molecule has 0 saturated heterocycles. The Hall–Kier alpha value is -5.13. The number of ether oxygens (including phenoxy) is 1. The number of anilines is 3. The van der Waals surface area contributed by atoms with Crippen LogP contribution in [0.15, 0.2) is 112 Å². The molecule has 1 aliphatic carbocycles. The van der Waals surface area contributed by atoms with E-state index in [1.54, 1.807) is 22.9 Å². The normalized spacial score (nSPS) is 14.6. The third-order valence-corrected chi connectivity index (χ3v) is 10.7. The zero-order valence-corrected chi connectivity index (χ0v) is 26.9. The Bertz CT molecular complexity index is 1940. The molecule has 2 N–H and O–H groups in total. The number of hydrogen-bond donors (Lipinski definition) is 2. The van der Waals surface area contributed by atoms with Crippen molar-refractivity contribution >= 4 is 57.9 Å². The second-order valence-corrected chi connectivity index (χ2v) is 13.6. The maximum atomic E-state index is 13.2. The quantitative estimate of drug-likeness (QED) is 0.142. The predicted octanol–water partition coefficient (Wildman–Crippen LogP) is 7.86. The number of benzene rings is 4. The average molecular weight is 659 g/mol. The molecule has 8 rings (SSSR count). The second kappa shape index (κ2) is 12.6. The molecule has 9 nitrogen and oxygen atoms in total. The lowest BCUT2D eigenvalue weighted by Gasteiger charge is -2.31. The van der Waals surface area contributed by atoms with Crippen LogP contribution in [0.5, 0.6) is 0 Å². The number of fused-ring (bicyclic) bond motifs is 6. The van der Waals surface area contributed by atoms with E-state index in [9.17, 15) is 9.59 Å². The van der Waals surface area contributed by atoms with Crippen LogP contribution in [0.2, 0.25) is 0 Å². The van der Waals surface area contributed by atoms with E-state index >= 15 is 0 Å². The van der Waals surface area contributed by atoms with Gasteiger partial charge in [-0.25, -0.2) is 20.0 Å². The largest absolute Gasteiger partial charge is 0.448 e. The molecule has 11 heteroatoms. The number of nitrogens with one attached hydrogen (secondary N) is 2. The van der Waals surface area contributed by atoms with Crippen molar-refractivity contribution in [3.05, 3.63) is 119 Å². The summed E-state index contributed by atoms with van der Waals surface area (Å²) in [5, 5.41) is 7.43. The molecule has 0 radical (unpaired) electrons. The van der Waals surface area contributed by atoms with Crippen LogP contribution in [0, 0.1) is 0 Å². The van der Waals surface area contributed by atoms with Gasteiger partial charge in [-0.2, -0.15) is 5.10 Å². The van der Waals surface area contributed by atoms with Crippen molar-refractivity contribution in [3.63, 3.8) is 0 Å². The van der Waals surface area contributed by atoms with Gasteiger partial charge in [0.25, 0.3) is 0 Å². The summed E-state index contributed by atoms with van der Waals surface area (Å²) in [6.45, 7) is 1.67. The lowest BCUT2D eigenvalue weighted by molar-refractivity contribution is 0.0956. The van der Waals surface area contributed by atoms with E-state index in [0.29, 0.717) is 31.2 Å². The fraction of sp³-hybridized carbons (Fsp3) is 0.167. The van der Waals surface area contributed by atoms with Gasteiger partial charge in [0.15, 0.2) is 5.13 Å². The Kier molecular flexibility index (Phi) is 7.84. The van der Waals surface area contributed by atoms with E-state index < -0.39 is 6.03 Å². The number of hydrogen-bond acceptors (Lipinski definition) is 8. The van der Waals surface area contributed by atoms with Crippen molar-refractivity contribution in [2.45, 2.75) is 28.7 Å². The van der Waals surface area contributed by atoms with Gasteiger partial charge in [-0.1, -0.05) is 95.9 Å². The number of rotatable bonds is 6. The highest BCUT2D eigenvalue weighted by Crippen LogP contribution is 2.47. The van der Waals surface area contributed by atoms with Gasteiger partial charge < -0.3 is 14.5 Å². The molecule has 1 aromatic heterocycles. The number of aromatic nitrogens is 1. The van der Waals surface area contributed by atoms with Gasteiger partial charge in [0.2, 0.25) is 0 Å². The third kappa shape index (κ3) is 5.72. The Labute approximate surface area is 280 Å².